The van der Waals surface area contributed by atoms with E-state index in [9.17, 15) is 14.4 Å². The summed E-state index contributed by atoms with van der Waals surface area (Å²) in [6.45, 7) is 6.30. The van der Waals surface area contributed by atoms with Crippen LogP contribution in [0, 0.1) is 6.92 Å². The molecule has 140 valence electrons. The number of unbranched alkanes of at least 4 members (excludes halogenated alkanes) is 1. The molecule has 2 aliphatic rings. The SMILES string of the molecule is CCCCN1C(=O)C2C(=Nc3n(CC(=O)OCC)c(C)c[n+]32)N(C)C1=O. The van der Waals surface area contributed by atoms with Crippen molar-refractivity contribution in [2.75, 3.05) is 20.2 Å². The molecule has 1 aromatic rings. The zero-order valence-electron chi connectivity index (χ0n) is 15.6. The Morgan fingerprint density at radius 2 is 2.08 bits per heavy atom. The number of rotatable bonds is 6. The molecule has 1 atom stereocenters. The molecule has 9 heteroatoms. The van der Waals surface area contributed by atoms with Gasteiger partial charge in [-0.1, -0.05) is 18.3 Å². The lowest BCUT2D eigenvalue weighted by Crippen LogP contribution is -2.62. The standard InChI is InChI=1S/C17H24N5O4/c1-5-7-8-20-15(24)13-14(19(4)17(20)25)18-16-21(10-12(23)26-6-2)11(3)9-22(13)16/h9,13H,5-8,10H2,1-4H3/q+1. The summed E-state index contributed by atoms with van der Waals surface area (Å²) in [6.07, 6.45) is 3.43. The highest BCUT2D eigenvalue weighted by Gasteiger charge is 2.53. The number of esters is 1. The van der Waals surface area contributed by atoms with E-state index >= 15 is 0 Å². The van der Waals surface area contributed by atoms with Crippen LogP contribution in [0.3, 0.4) is 0 Å². The number of fused-ring (bicyclic) bond motifs is 3. The molecule has 1 unspecified atom stereocenters. The third kappa shape index (κ3) is 2.77. The maximum atomic E-state index is 13.0. The summed E-state index contributed by atoms with van der Waals surface area (Å²) in [4.78, 5) is 44.6. The summed E-state index contributed by atoms with van der Waals surface area (Å²) in [6, 6.07) is -1.04. The van der Waals surface area contributed by atoms with Gasteiger partial charge in [0.05, 0.1) is 6.61 Å². The van der Waals surface area contributed by atoms with Gasteiger partial charge in [0.2, 0.25) is 11.9 Å². The number of urea groups is 1. The first-order valence-corrected chi connectivity index (χ1v) is 8.85. The van der Waals surface area contributed by atoms with Crippen molar-refractivity contribution in [2.45, 2.75) is 46.2 Å². The van der Waals surface area contributed by atoms with Crippen LogP contribution < -0.4 is 4.57 Å². The van der Waals surface area contributed by atoms with E-state index in [-0.39, 0.29) is 24.5 Å². The number of nitrogens with zero attached hydrogens (tertiary/aromatic N) is 5. The Labute approximate surface area is 151 Å². The molecule has 2 aliphatic heterocycles. The van der Waals surface area contributed by atoms with Crippen LogP contribution in [0.2, 0.25) is 0 Å². The number of amidine groups is 1. The van der Waals surface area contributed by atoms with Crippen LogP contribution >= 0.6 is 0 Å². The number of hydrogen-bond donors (Lipinski definition) is 0. The van der Waals surface area contributed by atoms with Gasteiger partial charge >= 0.3 is 17.9 Å². The van der Waals surface area contributed by atoms with E-state index in [0.717, 1.165) is 18.5 Å². The molecule has 1 saturated heterocycles. The topological polar surface area (TPSA) is 88.1 Å². The van der Waals surface area contributed by atoms with E-state index in [1.54, 1.807) is 29.3 Å². The number of hydrogen-bond acceptors (Lipinski definition) is 5. The fourth-order valence-corrected chi connectivity index (χ4v) is 3.28. The summed E-state index contributed by atoms with van der Waals surface area (Å²) in [5, 5.41) is 0. The van der Waals surface area contributed by atoms with E-state index in [1.807, 2.05) is 13.8 Å². The normalized spacial score (nSPS) is 18.8. The molecular formula is C17H24N5O4+. The van der Waals surface area contributed by atoms with Crippen molar-refractivity contribution in [1.82, 2.24) is 14.4 Å². The lowest BCUT2D eigenvalue weighted by Gasteiger charge is -2.33. The van der Waals surface area contributed by atoms with E-state index < -0.39 is 6.04 Å². The Balaban J connectivity index is 1.97. The van der Waals surface area contributed by atoms with E-state index in [2.05, 4.69) is 4.99 Å². The second-order valence-electron chi connectivity index (χ2n) is 6.43. The number of ether oxygens (including phenoxy) is 1. The molecule has 0 N–H and O–H groups in total. The minimum absolute atomic E-state index is 0.0108. The van der Waals surface area contributed by atoms with Crippen molar-refractivity contribution in [3.05, 3.63) is 11.9 Å². The Hall–Kier alpha value is -2.71. The van der Waals surface area contributed by atoms with Crippen molar-refractivity contribution >= 4 is 29.7 Å². The van der Waals surface area contributed by atoms with E-state index in [1.165, 1.54) is 9.80 Å². The minimum Gasteiger partial charge on any atom is -0.464 e. The molecule has 1 aromatic heterocycles. The first kappa shape index (κ1) is 18.1. The van der Waals surface area contributed by atoms with Gasteiger partial charge in [-0.15, -0.1) is 0 Å². The van der Waals surface area contributed by atoms with Gasteiger partial charge in [0.15, 0.2) is 6.54 Å². The number of imidazole rings is 1. The van der Waals surface area contributed by atoms with E-state index in [4.69, 9.17) is 4.74 Å². The van der Waals surface area contributed by atoms with Crippen LogP contribution in [0.5, 0.6) is 0 Å². The smallest absolute Gasteiger partial charge is 0.402 e. The van der Waals surface area contributed by atoms with Crippen molar-refractivity contribution in [3.63, 3.8) is 0 Å². The quantitative estimate of drug-likeness (QED) is 0.556. The van der Waals surface area contributed by atoms with Crippen LogP contribution in [0.15, 0.2) is 11.2 Å². The number of aryl methyl sites for hydroxylation is 1. The molecule has 0 spiro atoms. The summed E-state index contributed by atoms with van der Waals surface area (Å²) < 4.78 is 8.44. The van der Waals surface area contributed by atoms with Crippen LogP contribution in [-0.2, 0) is 20.9 Å². The highest BCUT2D eigenvalue weighted by molar-refractivity contribution is 6.19. The monoisotopic (exact) mass is 362 g/mol. The Kier molecular flexibility index (Phi) is 4.80. The second-order valence-corrected chi connectivity index (χ2v) is 6.43. The number of aliphatic imine (C=N–C) groups is 1. The van der Waals surface area contributed by atoms with Crippen LogP contribution in [0.25, 0.3) is 0 Å². The summed E-state index contributed by atoms with van der Waals surface area (Å²) in [5.41, 5.74) is 0.795. The Bertz CT molecular complexity index is 797. The summed E-state index contributed by atoms with van der Waals surface area (Å²) in [7, 11) is 1.62. The third-order valence-corrected chi connectivity index (χ3v) is 4.65. The van der Waals surface area contributed by atoms with Crippen molar-refractivity contribution in [1.29, 1.82) is 0 Å². The highest BCUT2D eigenvalue weighted by atomic mass is 16.5. The lowest BCUT2D eigenvalue weighted by molar-refractivity contribution is -0.677. The van der Waals surface area contributed by atoms with Gasteiger partial charge < -0.3 is 4.74 Å². The molecule has 26 heavy (non-hydrogen) atoms. The lowest BCUT2D eigenvalue weighted by atomic mass is 10.1. The zero-order chi connectivity index (χ0) is 19.0. The van der Waals surface area contributed by atoms with Crippen LogP contribution in [0.1, 0.15) is 38.4 Å². The predicted molar refractivity (Wildman–Crippen MR) is 91.9 cm³/mol. The largest absolute Gasteiger partial charge is 0.464 e. The fourth-order valence-electron chi connectivity index (χ4n) is 3.28. The summed E-state index contributed by atoms with van der Waals surface area (Å²) >= 11 is 0. The molecule has 0 radical (unpaired) electrons. The average Bonchev–Trinajstić information content (AvgIpc) is 3.10. The summed E-state index contributed by atoms with van der Waals surface area (Å²) in [5.74, 6) is 0.212. The van der Waals surface area contributed by atoms with Crippen molar-refractivity contribution in [3.8, 4) is 0 Å². The number of likely N-dealkylation sites (N-methyl/N-ethyl adjacent to an activating group) is 1. The van der Waals surface area contributed by atoms with Crippen LogP contribution in [0.4, 0.5) is 10.7 Å². The number of carbonyl (C=O) groups excluding carboxylic acids is 3. The maximum Gasteiger partial charge on any atom is 0.402 e. The van der Waals surface area contributed by atoms with Gasteiger partial charge in [0, 0.05) is 13.6 Å². The number of aromatic nitrogens is 2. The molecule has 3 amide bonds. The molecule has 0 aromatic carbocycles. The van der Waals surface area contributed by atoms with Gasteiger partial charge in [-0.3, -0.25) is 14.6 Å². The first-order valence-electron chi connectivity index (χ1n) is 8.85. The molecule has 0 bridgehead atoms. The van der Waals surface area contributed by atoms with Crippen molar-refractivity contribution in [2.24, 2.45) is 4.99 Å². The molecule has 1 fully saturated rings. The Morgan fingerprint density at radius 1 is 1.35 bits per heavy atom. The Morgan fingerprint density at radius 3 is 2.73 bits per heavy atom. The molecule has 9 nitrogen and oxygen atoms in total. The maximum absolute atomic E-state index is 13.0. The van der Waals surface area contributed by atoms with Gasteiger partial charge in [-0.2, -0.15) is 0 Å². The first-order chi connectivity index (χ1) is 12.4. The van der Waals surface area contributed by atoms with Gasteiger partial charge in [0.25, 0.3) is 5.91 Å². The average molecular weight is 362 g/mol. The van der Waals surface area contributed by atoms with Gasteiger partial charge in [-0.05, 0) is 20.3 Å². The van der Waals surface area contributed by atoms with Gasteiger partial charge in [0.1, 0.15) is 11.9 Å². The molecule has 0 saturated carbocycles. The number of carbonyl (C=O) groups is 3. The zero-order valence-corrected chi connectivity index (χ0v) is 15.6. The van der Waals surface area contributed by atoms with Crippen molar-refractivity contribution < 1.29 is 23.7 Å². The predicted octanol–water partition coefficient (Wildman–Crippen LogP) is 0.926. The molecular weight excluding hydrogens is 338 g/mol. The number of imide groups is 1. The second kappa shape index (κ2) is 6.89. The van der Waals surface area contributed by atoms with Gasteiger partial charge in [-0.25, -0.2) is 18.7 Å². The third-order valence-electron chi connectivity index (χ3n) is 4.65. The molecule has 3 rings (SSSR count). The number of amides is 3. The van der Waals surface area contributed by atoms with Crippen LogP contribution in [-0.4, -0.2) is 58.3 Å². The molecule has 0 aliphatic carbocycles. The molecule has 3 heterocycles. The highest BCUT2D eigenvalue weighted by Crippen LogP contribution is 2.29. The minimum atomic E-state index is -0.674. The fraction of sp³-hybridized carbons (Fsp3) is 0.588. The van der Waals surface area contributed by atoms with E-state index in [0.29, 0.717) is 24.9 Å².